The molecule has 3 nitrogen and oxygen atoms in total. The Hall–Kier alpha value is -1.34. The summed E-state index contributed by atoms with van der Waals surface area (Å²) in [7, 11) is 0. The van der Waals surface area contributed by atoms with Gasteiger partial charge in [0.2, 0.25) is 0 Å². The van der Waals surface area contributed by atoms with Gasteiger partial charge >= 0.3 is 0 Å². The highest BCUT2D eigenvalue weighted by atomic mass is 79.9. The van der Waals surface area contributed by atoms with Crippen LogP contribution in [0.15, 0.2) is 28.7 Å². The van der Waals surface area contributed by atoms with Crippen molar-refractivity contribution in [1.29, 1.82) is 5.26 Å². The maximum Gasteiger partial charge on any atom is 0.264 e. The number of halogens is 1. The summed E-state index contributed by atoms with van der Waals surface area (Å²) in [6.07, 6.45) is 1.57. The van der Waals surface area contributed by atoms with Crippen LogP contribution in [0.3, 0.4) is 0 Å². The predicted molar refractivity (Wildman–Crippen MR) is 47.2 cm³/mol. The Balaban J connectivity index is 2.84. The molecule has 0 aliphatic rings. The van der Waals surface area contributed by atoms with Gasteiger partial charge in [0, 0.05) is 10.0 Å². The monoisotopic (exact) mass is 224 g/mol. The molecule has 1 N–H and O–H groups in total. The van der Waals surface area contributed by atoms with Crippen LogP contribution in [0.4, 0.5) is 0 Å². The zero-order chi connectivity index (χ0) is 8.97. The van der Waals surface area contributed by atoms with Gasteiger partial charge in [-0.1, -0.05) is 15.9 Å². The molecule has 0 fully saturated rings. The first-order chi connectivity index (χ1) is 5.74. The predicted octanol–water partition coefficient (Wildman–Crippen LogP) is 1.66. The lowest BCUT2D eigenvalue weighted by molar-refractivity contribution is 0.0973. The van der Waals surface area contributed by atoms with E-state index in [-0.39, 0.29) is 5.91 Å². The zero-order valence-corrected chi connectivity index (χ0v) is 7.63. The zero-order valence-electron chi connectivity index (χ0n) is 6.04. The average molecular weight is 225 g/mol. The van der Waals surface area contributed by atoms with Gasteiger partial charge in [0.15, 0.2) is 6.19 Å². The Kier molecular flexibility index (Phi) is 2.83. The van der Waals surface area contributed by atoms with E-state index in [1.807, 2.05) is 5.32 Å². The van der Waals surface area contributed by atoms with Gasteiger partial charge in [-0.15, -0.1) is 0 Å². The molecule has 0 atom stereocenters. The first kappa shape index (κ1) is 8.75. The van der Waals surface area contributed by atoms with Crippen LogP contribution in [0.2, 0.25) is 0 Å². The van der Waals surface area contributed by atoms with Gasteiger partial charge in [-0.3, -0.25) is 10.1 Å². The molecule has 0 aliphatic heterocycles. The summed E-state index contributed by atoms with van der Waals surface area (Å²) in [4.78, 5) is 11.0. The van der Waals surface area contributed by atoms with Gasteiger partial charge < -0.3 is 0 Å². The number of carbonyl (C=O) groups is 1. The van der Waals surface area contributed by atoms with Crippen LogP contribution in [0.1, 0.15) is 10.4 Å². The van der Waals surface area contributed by atoms with Gasteiger partial charge in [0.1, 0.15) is 0 Å². The van der Waals surface area contributed by atoms with Crippen molar-refractivity contribution in [3.05, 3.63) is 34.3 Å². The fourth-order valence-corrected chi connectivity index (χ4v) is 0.989. The van der Waals surface area contributed by atoms with Crippen LogP contribution in [0.25, 0.3) is 0 Å². The number of hydrogen-bond acceptors (Lipinski definition) is 2. The Bertz CT molecular complexity index is 326. The van der Waals surface area contributed by atoms with E-state index in [4.69, 9.17) is 5.26 Å². The molecule has 0 heterocycles. The fraction of sp³-hybridized carbons (Fsp3) is 0. The Morgan fingerprint density at radius 3 is 2.50 bits per heavy atom. The normalized spacial score (nSPS) is 8.67. The van der Waals surface area contributed by atoms with Gasteiger partial charge in [0.05, 0.1) is 0 Å². The maximum absolute atomic E-state index is 11.0. The van der Waals surface area contributed by atoms with Crippen molar-refractivity contribution in [3.8, 4) is 6.19 Å². The minimum Gasteiger partial charge on any atom is -0.268 e. The lowest BCUT2D eigenvalue weighted by Crippen LogP contribution is -2.16. The summed E-state index contributed by atoms with van der Waals surface area (Å²) < 4.78 is 0.899. The van der Waals surface area contributed by atoms with Gasteiger partial charge in [-0.2, -0.15) is 5.26 Å². The number of amides is 1. The van der Waals surface area contributed by atoms with Crippen LogP contribution >= 0.6 is 15.9 Å². The third-order valence-corrected chi connectivity index (χ3v) is 1.80. The highest BCUT2D eigenvalue weighted by molar-refractivity contribution is 9.10. The maximum atomic E-state index is 11.0. The molecular formula is C8H5BrN2O. The number of nitrogens with one attached hydrogen (secondary N) is 1. The summed E-state index contributed by atoms with van der Waals surface area (Å²) in [5.74, 6) is -0.384. The number of rotatable bonds is 1. The van der Waals surface area contributed by atoms with E-state index in [1.165, 1.54) is 0 Å². The molecule has 0 unspecified atom stereocenters. The van der Waals surface area contributed by atoms with Crippen molar-refractivity contribution < 1.29 is 4.79 Å². The van der Waals surface area contributed by atoms with E-state index in [9.17, 15) is 4.79 Å². The number of hydrogen-bond donors (Lipinski definition) is 1. The van der Waals surface area contributed by atoms with Crippen molar-refractivity contribution >= 4 is 21.8 Å². The smallest absolute Gasteiger partial charge is 0.264 e. The van der Waals surface area contributed by atoms with Gasteiger partial charge in [0.25, 0.3) is 5.91 Å². The second-order valence-electron chi connectivity index (χ2n) is 2.07. The van der Waals surface area contributed by atoms with Crippen LogP contribution in [-0.4, -0.2) is 5.91 Å². The standard InChI is InChI=1S/C8H5BrN2O/c9-7-3-1-6(2-4-7)8(12)11-5-10/h1-4H,(H,11,12). The topological polar surface area (TPSA) is 52.9 Å². The molecule has 1 aromatic rings. The van der Waals surface area contributed by atoms with Crippen LogP contribution in [0.5, 0.6) is 0 Å². The van der Waals surface area contributed by atoms with Gasteiger partial charge in [-0.25, -0.2) is 0 Å². The fourth-order valence-electron chi connectivity index (χ4n) is 0.724. The molecule has 0 spiro atoms. The van der Waals surface area contributed by atoms with Crippen molar-refractivity contribution in [2.45, 2.75) is 0 Å². The highest BCUT2D eigenvalue weighted by Crippen LogP contribution is 2.09. The summed E-state index contributed by atoms with van der Waals surface area (Å²) in [6, 6.07) is 6.76. The highest BCUT2D eigenvalue weighted by Gasteiger charge is 2.02. The second-order valence-corrected chi connectivity index (χ2v) is 2.99. The number of carbonyl (C=O) groups excluding carboxylic acids is 1. The molecule has 12 heavy (non-hydrogen) atoms. The summed E-state index contributed by atoms with van der Waals surface area (Å²) in [6.45, 7) is 0. The molecule has 0 aliphatic carbocycles. The Morgan fingerprint density at radius 2 is 2.00 bits per heavy atom. The summed E-state index contributed by atoms with van der Waals surface area (Å²) in [5.41, 5.74) is 0.472. The van der Waals surface area contributed by atoms with Crippen LogP contribution < -0.4 is 5.32 Å². The Morgan fingerprint density at radius 1 is 1.42 bits per heavy atom. The summed E-state index contributed by atoms with van der Waals surface area (Å²) >= 11 is 3.24. The minimum atomic E-state index is -0.384. The number of nitrogens with zero attached hydrogens (tertiary/aromatic N) is 1. The molecule has 0 saturated heterocycles. The molecular weight excluding hydrogens is 220 g/mol. The van der Waals surface area contributed by atoms with Gasteiger partial charge in [-0.05, 0) is 24.3 Å². The molecule has 60 valence electrons. The molecule has 0 radical (unpaired) electrons. The SMILES string of the molecule is N#CNC(=O)c1ccc(Br)cc1. The lowest BCUT2D eigenvalue weighted by Gasteiger charge is -1.96. The molecule has 1 amide bonds. The molecule has 0 aromatic heterocycles. The van der Waals surface area contributed by atoms with E-state index in [1.54, 1.807) is 30.5 Å². The first-order valence-electron chi connectivity index (χ1n) is 3.19. The van der Waals surface area contributed by atoms with E-state index < -0.39 is 0 Å². The third kappa shape index (κ3) is 2.07. The molecule has 0 saturated carbocycles. The molecule has 1 rings (SSSR count). The first-order valence-corrected chi connectivity index (χ1v) is 3.98. The number of nitriles is 1. The Labute approximate surface area is 78.1 Å². The van der Waals surface area contributed by atoms with Crippen molar-refractivity contribution in [2.24, 2.45) is 0 Å². The van der Waals surface area contributed by atoms with Crippen LogP contribution in [-0.2, 0) is 0 Å². The quantitative estimate of drug-likeness (QED) is 0.583. The number of benzene rings is 1. The third-order valence-electron chi connectivity index (χ3n) is 1.28. The second kappa shape index (κ2) is 3.88. The lowest BCUT2D eigenvalue weighted by atomic mass is 10.2. The van der Waals surface area contributed by atoms with E-state index in [2.05, 4.69) is 15.9 Å². The van der Waals surface area contributed by atoms with E-state index in [0.29, 0.717) is 5.56 Å². The van der Waals surface area contributed by atoms with Crippen molar-refractivity contribution in [3.63, 3.8) is 0 Å². The molecule has 1 aromatic carbocycles. The van der Waals surface area contributed by atoms with Crippen LogP contribution in [0, 0.1) is 11.5 Å². The average Bonchev–Trinajstić information content (AvgIpc) is 2.06. The molecule has 0 bridgehead atoms. The largest absolute Gasteiger partial charge is 0.268 e. The van der Waals surface area contributed by atoms with E-state index in [0.717, 1.165) is 4.47 Å². The van der Waals surface area contributed by atoms with Crippen molar-refractivity contribution in [1.82, 2.24) is 5.32 Å². The summed E-state index contributed by atoms with van der Waals surface area (Å²) in [5, 5.41) is 10.2. The molecule has 4 heteroatoms. The minimum absolute atomic E-state index is 0.384. The van der Waals surface area contributed by atoms with E-state index >= 15 is 0 Å². The van der Waals surface area contributed by atoms with Crippen molar-refractivity contribution in [2.75, 3.05) is 0 Å².